The summed E-state index contributed by atoms with van der Waals surface area (Å²) in [4.78, 5) is 14.4. The summed E-state index contributed by atoms with van der Waals surface area (Å²) in [6, 6.07) is 12.2. The average molecular weight is 503 g/mol. The highest BCUT2D eigenvalue weighted by atomic mass is 16.5. The molecule has 0 saturated carbocycles. The Morgan fingerprint density at radius 3 is 2.43 bits per heavy atom. The minimum atomic E-state index is 0.0382. The molecule has 0 radical (unpaired) electrons. The van der Waals surface area contributed by atoms with Gasteiger partial charge in [0.15, 0.2) is 0 Å². The molecule has 2 aromatic heterocycles. The van der Waals surface area contributed by atoms with Crippen LogP contribution >= 0.6 is 0 Å². The van der Waals surface area contributed by atoms with Crippen LogP contribution in [0.5, 0.6) is 11.5 Å². The second kappa shape index (κ2) is 11.6. The zero-order valence-electron chi connectivity index (χ0n) is 21.5. The molecule has 3 heterocycles. The molecule has 0 spiro atoms. The molecular weight excluding hydrogens is 468 g/mol. The van der Waals surface area contributed by atoms with Crippen LogP contribution in [0, 0.1) is 0 Å². The Hall–Kier alpha value is -3.69. The van der Waals surface area contributed by atoms with E-state index in [0.29, 0.717) is 6.54 Å². The van der Waals surface area contributed by atoms with Crippen molar-refractivity contribution in [2.45, 2.75) is 25.8 Å². The van der Waals surface area contributed by atoms with E-state index in [-0.39, 0.29) is 6.61 Å². The summed E-state index contributed by atoms with van der Waals surface area (Å²) in [6.07, 6.45) is 9.02. The van der Waals surface area contributed by atoms with Gasteiger partial charge in [0.25, 0.3) is 0 Å². The lowest BCUT2D eigenvalue weighted by Crippen LogP contribution is -2.26. The van der Waals surface area contributed by atoms with E-state index in [9.17, 15) is 5.11 Å². The van der Waals surface area contributed by atoms with Gasteiger partial charge in [-0.3, -0.25) is 9.67 Å². The highest BCUT2D eigenvalue weighted by Gasteiger charge is 2.16. The van der Waals surface area contributed by atoms with Gasteiger partial charge in [-0.15, -0.1) is 0 Å². The fourth-order valence-electron chi connectivity index (χ4n) is 4.84. The van der Waals surface area contributed by atoms with Crippen molar-refractivity contribution < 1.29 is 14.6 Å². The van der Waals surface area contributed by atoms with Crippen LogP contribution in [0.3, 0.4) is 0 Å². The van der Waals surface area contributed by atoms with E-state index in [1.54, 1.807) is 31.3 Å². The van der Waals surface area contributed by atoms with Crippen molar-refractivity contribution in [2.24, 2.45) is 0 Å². The number of methoxy groups -OCH3 is 2. The molecule has 9 nitrogen and oxygen atoms in total. The third-order valence-corrected chi connectivity index (χ3v) is 6.80. The van der Waals surface area contributed by atoms with Crippen LogP contribution < -0.4 is 14.4 Å². The Labute approximate surface area is 217 Å². The highest BCUT2D eigenvalue weighted by Crippen LogP contribution is 2.34. The number of aromatic nitrogens is 4. The van der Waals surface area contributed by atoms with Crippen LogP contribution in [0.1, 0.15) is 19.3 Å². The second-order valence-corrected chi connectivity index (χ2v) is 9.27. The van der Waals surface area contributed by atoms with E-state index in [4.69, 9.17) is 14.5 Å². The molecule has 2 aromatic carbocycles. The van der Waals surface area contributed by atoms with Gasteiger partial charge in [0.2, 0.25) is 0 Å². The molecular formula is C28H34N6O3. The SMILES string of the molecule is COc1cc(OC)cc(N(CCCN2CCCC2)c2ccc3ncc(-c4cnn(CCO)c4)nc3c2)c1. The first-order chi connectivity index (χ1) is 18.2. The molecule has 0 unspecified atom stereocenters. The maximum Gasteiger partial charge on any atom is 0.124 e. The summed E-state index contributed by atoms with van der Waals surface area (Å²) >= 11 is 0. The molecule has 194 valence electrons. The van der Waals surface area contributed by atoms with Crippen LogP contribution in [0.25, 0.3) is 22.3 Å². The third kappa shape index (κ3) is 5.84. The maximum absolute atomic E-state index is 9.19. The van der Waals surface area contributed by atoms with E-state index in [1.807, 2.05) is 30.5 Å². The smallest absolute Gasteiger partial charge is 0.124 e. The number of aliphatic hydroxyl groups is 1. The van der Waals surface area contributed by atoms with Crippen LogP contribution in [0.2, 0.25) is 0 Å². The molecule has 5 rings (SSSR count). The molecule has 4 aromatic rings. The van der Waals surface area contributed by atoms with E-state index in [2.05, 4.69) is 32.0 Å². The van der Waals surface area contributed by atoms with Crippen LogP contribution in [0.4, 0.5) is 11.4 Å². The third-order valence-electron chi connectivity index (χ3n) is 6.80. The Morgan fingerprint density at radius 2 is 1.70 bits per heavy atom. The number of ether oxygens (including phenoxy) is 2. The quantitative estimate of drug-likeness (QED) is 0.328. The monoisotopic (exact) mass is 502 g/mol. The van der Waals surface area contributed by atoms with Gasteiger partial charge in [0.05, 0.1) is 56.5 Å². The summed E-state index contributed by atoms with van der Waals surface area (Å²) in [7, 11) is 3.35. The molecule has 0 bridgehead atoms. The van der Waals surface area contributed by atoms with Crippen molar-refractivity contribution in [3.8, 4) is 22.8 Å². The van der Waals surface area contributed by atoms with Gasteiger partial charge >= 0.3 is 0 Å². The number of rotatable bonds is 11. The number of benzene rings is 2. The summed E-state index contributed by atoms with van der Waals surface area (Å²) in [5, 5.41) is 13.5. The lowest BCUT2D eigenvalue weighted by atomic mass is 10.1. The molecule has 0 atom stereocenters. The van der Waals surface area contributed by atoms with Crippen LogP contribution in [-0.4, -0.2) is 76.8 Å². The summed E-state index contributed by atoms with van der Waals surface area (Å²) in [5.74, 6) is 1.50. The minimum Gasteiger partial charge on any atom is -0.497 e. The Balaban J connectivity index is 1.48. The first-order valence-corrected chi connectivity index (χ1v) is 12.8. The lowest BCUT2D eigenvalue weighted by Gasteiger charge is -2.27. The van der Waals surface area contributed by atoms with Crippen LogP contribution in [0.15, 0.2) is 55.0 Å². The maximum atomic E-state index is 9.19. The van der Waals surface area contributed by atoms with E-state index in [1.165, 1.54) is 25.9 Å². The van der Waals surface area contributed by atoms with Crippen molar-refractivity contribution in [2.75, 3.05) is 51.9 Å². The van der Waals surface area contributed by atoms with Crippen molar-refractivity contribution >= 4 is 22.4 Å². The fourth-order valence-corrected chi connectivity index (χ4v) is 4.84. The largest absolute Gasteiger partial charge is 0.497 e. The molecule has 37 heavy (non-hydrogen) atoms. The summed E-state index contributed by atoms with van der Waals surface area (Å²) in [6.45, 7) is 4.79. The summed E-state index contributed by atoms with van der Waals surface area (Å²) < 4.78 is 12.8. The zero-order valence-corrected chi connectivity index (χ0v) is 21.5. The summed E-state index contributed by atoms with van der Waals surface area (Å²) in [5.41, 5.74) is 5.29. The zero-order chi connectivity index (χ0) is 25.6. The normalized spacial score (nSPS) is 13.8. The number of fused-ring (bicyclic) bond motifs is 1. The predicted octanol–water partition coefficient (Wildman–Crippen LogP) is 4.13. The van der Waals surface area contributed by atoms with Gasteiger partial charge < -0.3 is 24.4 Å². The number of likely N-dealkylation sites (tertiary alicyclic amines) is 1. The first kappa shape index (κ1) is 25.0. The van der Waals surface area contributed by atoms with E-state index in [0.717, 1.165) is 64.7 Å². The number of nitrogens with zero attached hydrogens (tertiary/aromatic N) is 6. The van der Waals surface area contributed by atoms with Gasteiger partial charge in [-0.1, -0.05) is 0 Å². The highest BCUT2D eigenvalue weighted by molar-refractivity contribution is 5.82. The molecule has 0 amide bonds. The molecule has 9 heteroatoms. The van der Waals surface area contributed by atoms with Gasteiger partial charge in [-0.05, 0) is 57.1 Å². The Kier molecular flexibility index (Phi) is 7.82. The first-order valence-electron chi connectivity index (χ1n) is 12.8. The topological polar surface area (TPSA) is 88.8 Å². The van der Waals surface area contributed by atoms with Crippen molar-refractivity contribution in [3.63, 3.8) is 0 Å². The molecule has 1 N–H and O–H groups in total. The second-order valence-electron chi connectivity index (χ2n) is 9.27. The number of aliphatic hydroxyl groups excluding tert-OH is 1. The molecule has 1 aliphatic rings. The minimum absolute atomic E-state index is 0.0382. The van der Waals surface area contributed by atoms with Crippen molar-refractivity contribution in [1.29, 1.82) is 0 Å². The standard InChI is InChI=1S/C28H34N6O3/c1-36-24-14-23(15-25(17-24)37-2)34(11-5-10-32-8-3-4-9-32)22-6-7-26-27(16-22)31-28(19-29-26)21-18-30-33(20-21)12-13-35/h6-7,14-20,35H,3-5,8-13H2,1-2H3. The van der Waals surface area contributed by atoms with Gasteiger partial charge in [-0.2, -0.15) is 5.10 Å². The predicted molar refractivity (Wildman–Crippen MR) is 145 cm³/mol. The van der Waals surface area contributed by atoms with E-state index >= 15 is 0 Å². The number of anilines is 2. The number of hydrogen-bond acceptors (Lipinski definition) is 8. The van der Waals surface area contributed by atoms with Crippen molar-refractivity contribution in [1.82, 2.24) is 24.6 Å². The van der Waals surface area contributed by atoms with Gasteiger partial charge in [-0.25, -0.2) is 4.98 Å². The van der Waals surface area contributed by atoms with Gasteiger partial charge in [0, 0.05) is 47.9 Å². The Morgan fingerprint density at radius 1 is 0.919 bits per heavy atom. The molecule has 0 aliphatic carbocycles. The van der Waals surface area contributed by atoms with E-state index < -0.39 is 0 Å². The molecule has 1 fully saturated rings. The Bertz CT molecular complexity index is 1310. The molecule has 1 aliphatic heterocycles. The van der Waals surface area contributed by atoms with Crippen molar-refractivity contribution in [3.05, 3.63) is 55.0 Å². The van der Waals surface area contributed by atoms with Crippen LogP contribution in [-0.2, 0) is 6.54 Å². The number of hydrogen-bond donors (Lipinski definition) is 1. The molecule has 1 saturated heterocycles. The average Bonchev–Trinajstić information content (AvgIpc) is 3.63. The lowest BCUT2D eigenvalue weighted by molar-refractivity contribution is 0.269. The van der Waals surface area contributed by atoms with Gasteiger partial charge in [0.1, 0.15) is 11.5 Å². The fraction of sp³-hybridized carbons (Fsp3) is 0.393.